The van der Waals surface area contributed by atoms with Crippen molar-refractivity contribution < 1.29 is 4.79 Å². The number of benzene rings is 2. The molecule has 6 heteroatoms. The summed E-state index contributed by atoms with van der Waals surface area (Å²) in [5.74, 6) is -0.0796. The fraction of sp³-hybridized carbons (Fsp3) is 0.238. The fourth-order valence-electron chi connectivity index (χ4n) is 2.67. The standard InChI is InChI=1S/C21H22ClN3OS/c1-13-9-10-17(22)12-18(13)24-20(26)15(3)27-21-23-14(2)19(25-21)11-16-7-5-4-6-8-16/h4-10,12,15H,11H2,1-3H3,(H,23,25)(H,24,26). The highest BCUT2D eigenvalue weighted by atomic mass is 35.5. The quantitative estimate of drug-likeness (QED) is 0.546. The number of nitrogens with zero attached hydrogens (tertiary/aromatic N) is 1. The van der Waals surface area contributed by atoms with E-state index in [1.165, 1.54) is 17.3 Å². The Kier molecular flexibility index (Phi) is 6.24. The van der Waals surface area contributed by atoms with Gasteiger partial charge in [0.25, 0.3) is 0 Å². The van der Waals surface area contributed by atoms with Gasteiger partial charge in [-0.05, 0) is 44.0 Å². The smallest absolute Gasteiger partial charge is 0.237 e. The zero-order valence-electron chi connectivity index (χ0n) is 15.5. The third kappa shape index (κ3) is 5.15. The number of halogens is 1. The van der Waals surface area contributed by atoms with Gasteiger partial charge >= 0.3 is 0 Å². The van der Waals surface area contributed by atoms with Crippen LogP contribution in [0.15, 0.2) is 53.7 Å². The summed E-state index contributed by atoms with van der Waals surface area (Å²) in [5.41, 5.74) is 4.96. The first-order chi connectivity index (χ1) is 12.9. The second-order valence-electron chi connectivity index (χ2n) is 6.48. The van der Waals surface area contributed by atoms with Crippen molar-refractivity contribution in [2.24, 2.45) is 0 Å². The number of aromatic nitrogens is 2. The number of amides is 1. The monoisotopic (exact) mass is 399 g/mol. The number of nitrogens with one attached hydrogen (secondary N) is 2. The molecule has 1 amide bonds. The van der Waals surface area contributed by atoms with Gasteiger partial charge in [0.15, 0.2) is 5.16 Å². The lowest BCUT2D eigenvalue weighted by Gasteiger charge is -2.12. The minimum Gasteiger partial charge on any atom is -0.337 e. The van der Waals surface area contributed by atoms with E-state index in [4.69, 9.17) is 11.6 Å². The fourth-order valence-corrected chi connectivity index (χ4v) is 3.72. The second-order valence-corrected chi connectivity index (χ2v) is 8.25. The lowest BCUT2D eigenvalue weighted by Crippen LogP contribution is -2.23. The van der Waals surface area contributed by atoms with Gasteiger partial charge in [0.05, 0.1) is 10.9 Å². The summed E-state index contributed by atoms with van der Waals surface area (Å²) in [4.78, 5) is 20.5. The van der Waals surface area contributed by atoms with E-state index >= 15 is 0 Å². The molecule has 0 aliphatic heterocycles. The lowest BCUT2D eigenvalue weighted by atomic mass is 10.1. The number of carbonyl (C=O) groups excluding carboxylic acids is 1. The van der Waals surface area contributed by atoms with Crippen LogP contribution >= 0.6 is 23.4 Å². The van der Waals surface area contributed by atoms with Crippen LogP contribution in [0.25, 0.3) is 0 Å². The molecule has 2 aromatic carbocycles. The van der Waals surface area contributed by atoms with Gasteiger partial charge in [-0.15, -0.1) is 0 Å². The molecular weight excluding hydrogens is 378 g/mol. The van der Waals surface area contributed by atoms with Crippen LogP contribution in [0.4, 0.5) is 5.69 Å². The molecule has 3 rings (SSSR count). The average Bonchev–Trinajstić information content (AvgIpc) is 2.98. The summed E-state index contributed by atoms with van der Waals surface area (Å²) in [5, 5.41) is 4.01. The van der Waals surface area contributed by atoms with Gasteiger partial charge in [-0.1, -0.05) is 59.8 Å². The normalized spacial score (nSPS) is 12.0. The largest absolute Gasteiger partial charge is 0.337 e. The number of H-pyrrole nitrogens is 1. The molecule has 0 bridgehead atoms. The summed E-state index contributed by atoms with van der Waals surface area (Å²) >= 11 is 7.44. The van der Waals surface area contributed by atoms with Crippen molar-refractivity contribution in [3.05, 3.63) is 76.1 Å². The van der Waals surface area contributed by atoms with Gasteiger partial charge in [-0.25, -0.2) is 4.98 Å². The van der Waals surface area contributed by atoms with Gasteiger partial charge in [0.2, 0.25) is 5.91 Å². The van der Waals surface area contributed by atoms with Crippen LogP contribution in [-0.4, -0.2) is 21.1 Å². The van der Waals surface area contributed by atoms with E-state index in [-0.39, 0.29) is 11.2 Å². The van der Waals surface area contributed by atoms with Gasteiger partial charge in [-0.2, -0.15) is 0 Å². The third-order valence-corrected chi connectivity index (χ3v) is 5.51. The Hall–Kier alpha value is -2.24. The van der Waals surface area contributed by atoms with Crippen molar-refractivity contribution >= 4 is 35.0 Å². The van der Waals surface area contributed by atoms with E-state index in [0.717, 1.165) is 34.2 Å². The number of aryl methyl sites for hydroxylation is 2. The summed E-state index contributed by atoms with van der Waals surface area (Å²) < 4.78 is 0. The minimum atomic E-state index is -0.293. The van der Waals surface area contributed by atoms with E-state index in [2.05, 4.69) is 27.4 Å². The Labute approximate surface area is 168 Å². The second kappa shape index (κ2) is 8.63. The average molecular weight is 400 g/mol. The van der Waals surface area contributed by atoms with Crippen LogP contribution in [-0.2, 0) is 11.2 Å². The van der Waals surface area contributed by atoms with Crippen molar-refractivity contribution in [1.82, 2.24) is 9.97 Å². The summed E-state index contributed by atoms with van der Waals surface area (Å²) in [7, 11) is 0. The highest BCUT2D eigenvalue weighted by Gasteiger charge is 2.18. The summed E-state index contributed by atoms with van der Waals surface area (Å²) in [6.07, 6.45) is 0.770. The Bertz CT molecular complexity index is 940. The molecule has 4 nitrogen and oxygen atoms in total. The molecule has 27 heavy (non-hydrogen) atoms. The topological polar surface area (TPSA) is 57.8 Å². The number of aromatic amines is 1. The molecule has 1 unspecified atom stereocenters. The molecule has 1 atom stereocenters. The highest BCUT2D eigenvalue weighted by Crippen LogP contribution is 2.25. The zero-order chi connectivity index (χ0) is 19.4. The molecule has 3 aromatic rings. The van der Waals surface area contributed by atoms with E-state index < -0.39 is 0 Å². The van der Waals surface area contributed by atoms with Crippen molar-refractivity contribution in [3.8, 4) is 0 Å². The van der Waals surface area contributed by atoms with Crippen molar-refractivity contribution in [2.75, 3.05) is 5.32 Å². The maximum atomic E-state index is 12.5. The predicted octanol–water partition coefficient (Wildman–Crippen LogP) is 5.39. The van der Waals surface area contributed by atoms with Gasteiger partial charge in [0, 0.05) is 22.8 Å². The van der Waals surface area contributed by atoms with Crippen molar-refractivity contribution in [3.63, 3.8) is 0 Å². The maximum Gasteiger partial charge on any atom is 0.237 e. The Morgan fingerprint density at radius 2 is 1.96 bits per heavy atom. The van der Waals surface area contributed by atoms with Crippen LogP contribution in [0, 0.1) is 13.8 Å². The summed E-state index contributed by atoms with van der Waals surface area (Å²) in [6.45, 7) is 5.82. The lowest BCUT2D eigenvalue weighted by molar-refractivity contribution is -0.115. The van der Waals surface area contributed by atoms with Crippen LogP contribution in [0.3, 0.4) is 0 Å². The molecule has 1 heterocycles. The number of hydrogen-bond acceptors (Lipinski definition) is 3. The van der Waals surface area contributed by atoms with E-state index in [1.54, 1.807) is 6.07 Å². The molecule has 0 aliphatic carbocycles. The molecule has 0 saturated carbocycles. The molecule has 1 aromatic heterocycles. The number of thioether (sulfide) groups is 1. The van der Waals surface area contributed by atoms with Gasteiger partial charge in [-0.3, -0.25) is 4.79 Å². The molecule has 0 aliphatic rings. The van der Waals surface area contributed by atoms with Crippen LogP contribution in [0.2, 0.25) is 5.02 Å². The maximum absolute atomic E-state index is 12.5. The first kappa shape index (κ1) is 19.5. The van der Waals surface area contributed by atoms with E-state index in [1.807, 2.05) is 51.1 Å². The van der Waals surface area contributed by atoms with Crippen molar-refractivity contribution in [2.45, 2.75) is 37.6 Å². The predicted molar refractivity (Wildman–Crippen MR) is 113 cm³/mol. The first-order valence-electron chi connectivity index (χ1n) is 8.75. The van der Waals surface area contributed by atoms with E-state index in [9.17, 15) is 4.79 Å². The highest BCUT2D eigenvalue weighted by molar-refractivity contribution is 8.00. The zero-order valence-corrected chi connectivity index (χ0v) is 17.1. The van der Waals surface area contributed by atoms with Gasteiger partial charge < -0.3 is 10.3 Å². The first-order valence-corrected chi connectivity index (χ1v) is 10.0. The number of imidazole rings is 1. The van der Waals surface area contributed by atoms with Gasteiger partial charge in [0.1, 0.15) is 0 Å². The number of rotatable bonds is 6. The SMILES string of the molecule is Cc1ccc(Cl)cc1NC(=O)C(C)Sc1nc(Cc2ccccc2)c(C)[nH]1. The minimum absolute atomic E-state index is 0.0796. The molecule has 0 saturated heterocycles. The molecule has 0 radical (unpaired) electrons. The van der Waals surface area contributed by atoms with Crippen LogP contribution in [0.1, 0.15) is 29.4 Å². The molecule has 0 spiro atoms. The number of anilines is 1. The van der Waals surface area contributed by atoms with Crippen LogP contribution in [0.5, 0.6) is 0 Å². The summed E-state index contributed by atoms with van der Waals surface area (Å²) in [6, 6.07) is 15.7. The third-order valence-electron chi connectivity index (χ3n) is 4.29. The van der Waals surface area contributed by atoms with Crippen LogP contribution < -0.4 is 5.32 Å². The Balaban J connectivity index is 1.65. The molecular formula is C21H22ClN3OS. The molecule has 140 valence electrons. The Morgan fingerprint density at radius 3 is 2.70 bits per heavy atom. The number of carbonyl (C=O) groups is 1. The number of hydrogen-bond donors (Lipinski definition) is 2. The molecule has 2 N–H and O–H groups in total. The van der Waals surface area contributed by atoms with Crippen molar-refractivity contribution in [1.29, 1.82) is 0 Å². The van der Waals surface area contributed by atoms with E-state index in [0.29, 0.717) is 5.02 Å². The molecule has 0 fully saturated rings. The Morgan fingerprint density at radius 1 is 1.22 bits per heavy atom.